The van der Waals surface area contributed by atoms with Gasteiger partial charge in [-0.1, -0.05) is 12.1 Å². The van der Waals surface area contributed by atoms with E-state index < -0.39 is 9.84 Å². The highest BCUT2D eigenvalue weighted by atomic mass is 32.2. The van der Waals surface area contributed by atoms with E-state index in [1.807, 2.05) is 42.9 Å². The maximum Gasteiger partial charge on any atom is 0.151 e. The standard InChI is InChI=1S/C12H15NO2S/c1-9-5-4-6-11-12(9)10(7-13(11)2)8-16(3,14)15/h4-7H,8H2,1-3H3. The number of hydrogen-bond donors (Lipinski definition) is 0. The van der Waals surface area contributed by atoms with Gasteiger partial charge in [0.1, 0.15) is 0 Å². The highest BCUT2D eigenvalue weighted by Gasteiger charge is 2.12. The SMILES string of the molecule is Cc1cccc2c1c(CS(C)(=O)=O)cn2C. The van der Waals surface area contributed by atoms with Crippen molar-refractivity contribution < 1.29 is 8.42 Å². The Morgan fingerprint density at radius 1 is 1.31 bits per heavy atom. The maximum absolute atomic E-state index is 11.4. The molecule has 0 atom stereocenters. The number of sulfone groups is 1. The molecule has 2 rings (SSSR count). The molecule has 0 aliphatic carbocycles. The second-order valence-electron chi connectivity index (χ2n) is 4.30. The van der Waals surface area contributed by atoms with Gasteiger partial charge < -0.3 is 4.57 Å². The lowest BCUT2D eigenvalue weighted by molar-refractivity contribution is 0.601. The molecule has 0 spiro atoms. The molecule has 1 aromatic heterocycles. The lowest BCUT2D eigenvalue weighted by atomic mass is 10.1. The molecule has 2 aromatic rings. The highest BCUT2D eigenvalue weighted by molar-refractivity contribution is 7.89. The average Bonchev–Trinajstić information content (AvgIpc) is 2.42. The van der Waals surface area contributed by atoms with E-state index in [-0.39, 0.29) is 5.75 Å². The first-order chi connectivity index (χ1) is 7.38. The van der Waals surface area contributed by atoms with Crippen LogP contribution in [0.3, 0.4) is 0 Å². The fourth-order valence-corrected chi connectivity index (χ4v) is 2.91. The van der Waals surface area contributed by atoms with E-state index in [1.165, 1.54) is 6.26 Å². The summed E-state index contributed by atoms with van der Waals surface area (Å²) in [6.07, 6.45) is 3.17. The van der Waals surface area contributed by atoms with Crippen molar-refractivity contribution in [2.24, 2.45) is 7.05 Å². The second-order valence-corrected chi connectivity index (χ2v) is 6.44. The highest BCUT2D eigenvalue weighted by Crippen LogP contribution is 2.25. The maximum atomic E-state index is 11.4. The van der Waals surface area contributed by atoms with Gasteiger partial charge in [-0.15, -0.1) is 0 Å². The summed E-state index contributed by atoms with van der Waals surface area (Å²) in [7, 11) is -1.05. The summed E-state index contributed by atoms with van der Waals surface area (Å²) in [5, 5.41) is 1.07. The first-order valence-corrected chi connectivity index (χ1v) is 7.16. The molecule has 0 saturated carbocycles. The Morgan fingerprint density at radius 3 is 2.62 bits per heavy atom. The van der Waals surface area contributed by atoms with E-state index in [9.17, 15) is 8.42 Å². The molecular weight excluding hydrogens is 222 g/mol. The molecule has 0 fully saturated rings. The summed E-state index contributed by atoms with van der Waals surface area (Å²) >= 11 is 0. The van der Waals surface area contributed by atoms with Crippen LogP contribution in [0.25, 0.3) is 10.9 Å². The lowest BCUT2D eigenvalue weighted by Gasteiger charge is -2.00. The minimum Gasteiger partial charge on any atom is -0.350 e. The molecule has 0 unspecified atom stereocenters. The number of fused-ring (bicyclic) bond motifs is 1. The van der Waals surface area contributed by atoms with E-state index in [0.29, 0.717) is 0 Å². The predicted molar refractivity (Wildman–Crippen MR) is 66.2 cm³/mol. The Balaban J connectivity index is 2.71. The van der Waals surface area contributed by atoms with Gasteiger partial charge in [0.15, 0.2) is 9.84 Å². The van der Waals surface area contributed by atoms with E-state index in [1.54, 1.807) is 0 Å². The van der Waals surface area contributed by atoms with Crippen molar-refractivity contribution in [3.63, 3.8) is 0 Å². The number of nitrogens with zero attached hydrogens (tertiary/aromatic N) is 1. The molecule has 0 saturated heterocycles. The third kappa shape index (κ3) is 1.97. The lowest BCUT2D eigenvalue weighted by Crippen LogP contribution is -2.00. The third-order valence-electron chi connectivity index (χ3n) is 2.72. The first-order valence-electron chi connectivity index (χ1n) is 5.10. The molecule has 0 bridgehead atoms. The molecule has 1 aromatic carbocycles. The number of hydrogen-bond acceptors (Lipinski definition) is 2. The number of benzene rings is 1. The van der Waals surface area contributed by atoms with Gasteiger partial charge in [0, 0.05) is 30.4 Å². The summed E-state index contributed by atoms with van der Waals surface area (Å²) in [5.41, 5.74) is 3.09. The molecule has 0 aliphatic heterocycles. The Labute approximate surface area is 95.6 Å². The van der Waals surface area contributed by atoms with Crippen LogP contribution in [0, 0.1) is 6.92 Å². The van der Waals surface area contributed by atoms with Crippen LogP contribution in [-0.2, 0) is 22.6 Å². The Kier molecular flexibility index (Phi) is 2.54. The topological polar surface area (TPSA) is 39.1 Å². The Bertz CT molecular complexity index is 638. The van der Waals surface area contributed by atoms with E-state index in [4.69, 9.17) is 0 Å². The Morgan fingerprint density at radius 2 is 2.00 bits per heavy atom. The average molecular weight is 237 g/mol. The quantitative estimate of drug-likeness (QED) is 0.801. The van der Waals surface area contributed by atoms with Crippen LogP contribution in [0.2, 0.25) is 0 Å². The van der Waals surface area contributed by atoms with Crippen LogP contribution in [-0.4, -0.2) is 19.2 Å². The zero-order chi connectivity index (χ0) is 11.9. The van der Waals surface area contributed by atoms with Crippen LogP contribution >= 0.6 is 0 Å². The molecule has 86 valence electrons. The normalized spacial score (nSPS) is 12.2. The molecule has 0 N–H and O–H groups in total. The molecule has 4 heteroatoms. The van der Waals surface area contributed by atoms with E-state index in [0.717, 1.165) is 22.0 Å². The predicted octanol–water partition coefficient (Wildman–Crippen LogP) is 2.03. The molecule has 0 aliphatic rings. The van der Waals surface area contributed by atoms with Gasteiger partial charge in [-0.3, -0.25) is 0 Å². The fraction of sp³-hybridized carbons (Fsp3) is 0.333. The van der Waals surface area contributed by atoms with Crippen molar-refractivity contribution in [2.75, 3.05) is 6.26 Å². The number of aromatic nitrogens is 1. The van der Waals surface area contributed by atoms with Crippen LogP contribution in [0.4, 0.5) is 0 Å². The van der Waals surface area contributed by atoms with Gasteiger partial charge in [0.05, 0.1) is 5.75 Å². The number of aryl methyl sites for hydroxylation is 2. The minimum absolute atomic E-state index is 0.106. The molecule has 3 nitrogen and oxygen atoms in total. The van der Waals surface area contributed by atoms with Crippen molar-refractivity contribution in [1.29, 1.82) is 0 Å². The van der Waals surface area contributed by atoms with Gasteiger partial charge in [0.25, 0.3) is 0 Å². The molecule has 0 amide bonds. The summed E-state index contributed by atoms with van der Waals surface area (Å²) in [6.45, 7) is 2.01. The first kappa shape index (κ1) is 11.2. The van der Waals surface area contributed by atoms with Gasteiger partial charge in [-0.25, -0.2) is 8.42 Å². The smallest absolute Gasteiger partial charge is 0.151 e. The van der Waals surface area contributed by atoms with Gasteiger partial charge in [0.2, 0.25) is 0 Å². The number of rotatable bonds is 2. The van der Waals surface area contributed by atoms with Gasteiger partial charge >= 0.3 is 0 Å². The van der Waals surface area contributed by atoms with Crippen molar-refractivity contribution in [1.82, 2.24) is 4.57 Å². The van der Waals surface area contributed by atoms with Crippen LogP contribution < -0.4 is 0 Å². The summed E-state index contributed by atoms with van der Waals surface area (Å²) in [6, 6.07) is 6.00. The minimum atomic E-state index is -2.99. The van der Waals surface area contributed by atoms with E-state index >= 15 is 0 Å². The zero-order valence-corrected chi connectivity index (χ0v) is 10.5. The van der Waals surface area contributed by atoms with Crippen LogP contribution in [0.1, 0.15) is 11.1 Å². The second kappa shape index (κ2) is 3.63. The van der Waals surface area contributed by atoms with Gasteiger partial charge in [-0.05, 0) is 24.1 Å². The fourth-order valence-electron chi connectivity index (χ4n) is 2.12. The van der Waals surface area contributed by atoms with Crippen molar-refractivity contribution >= 4 is 20.7 Å². The monoisotopic (exact) mass is 237 g/mol. The summed E-state index contributed by atoms with van der Waals surface area (Å²) < 4.78 is 24.7. The van der Waals surface area contributed by atoms with Crippen molar-refractivity contribution in [2.45, 2.75) is 12.7 Å². The van der Waals surface area contributed by atoms with E-state index in [2.05, 4.69) is 0 Å². The van der Waals surface area contributed by atoms with Crippen molar-refractivity contribution in [3.05, 3.63) is 35.5 Å². The molecular formula is C12H15NO2S. The molecule has 1 heterocycles. The summed E-state index contributed by atoms with van der Waals surface area (Å²) in [4.78, 5) is 0. The third-order valence-corrected chi connectivity index (χ3v) is 3.55. The zero-order valence-electron chi connectivity index (χ0n) is 9.69. The Hall–Kier alpha value is -1.29. The summed E-state index contributed by atoms with van der Waals surface area (Å²) in [5.74, 6) is 0.106. The van der Waals surface area contributed by atoms with Crippen LogP contribution in [0.15, 0.2) is 24.4 Å². The molecule has 16 heavy (non-hydrogen) atoms. The van der Waals surface area contributed by atoms with Crippen LogP contribution in [0.5, 0.6) is 0 Å². The largest absolute Gasteiger partial charge is 0.350 e. The molecule has 0 radical (unpaired) electrons. The van der Waals surface area contributed by atoms with Gasteiger partial charge in [-0.2, -0.15) is 0 Å². The van der Waals surface area contributed by atoms with Crippen molar-refractivity contribution in [3.8, 4) is 0 Å².